The van der Waals surface area contributed by atoms with E-state index < -0.39 is 15.9 Å². The molecule has 0 spiro atoms. The minimum absolute atomic E-state index is 0.0887. The molecule has 3 N–H and O–H groups in total. The molecule has 3 rings (SSSR count). The first-order chi connectivity index (χ1) is 10.8. The van der Waals surface area contributed by atoms with Gasteiger partial charge in [-0.25, -0.2) is 4.52 Å². The average Bonchev–Trinajstić information content (AvgIpc) is 3.04. The van der Waals surface area contributed by atoms with Gasteiger partial charge in [0.25, 0.3) is 21.1 Å². The highest BCUT2D eigenvalue weighted by Gasteiger charge is 2.24. The lowest BCUT2D eigenvalue weighted by atomic mass is 10.1. The highest BCUT2D eigenvalue weighted by Crippen LogP contribution is 2.24. The highest BCUT2D eigenvalue weighted by molar-refractivity contribution is 7.92. The number of primary amides is 1. The van der Waals surface area contributed by atoms with Crippen molar-refractivity contribution in [3.05, 3.63) is 40.4 Å². The van der Waals surface area contributed by atoms with Gasteiger partial charge < -0.3 is 5.73 Å². The van der Waals surface area contributed by atoms with Gasteiger partial charge in [-0.15, -0.1) is 16.4 Å². The maximum Gasteiger partial charge on any atom is 0.299 e. The number of aryl methyl sites for hydroxylation is 2. The van der Waals surface area contributed by atoms with E-state index in [4.69, 9.17) is 5.73 Å². The van der Waals surface area contributed by atoms with Crippen molar-refractivity contribution in [2.45, 2.75) is 19.0 Å². The Bertz CT molecular complexity index is 1020. The lowest BCUT2D eigenvalue weighted by Crippen LogP contribution is -2.20. The minimum Gasteiger partial charge on any atom is -0.366 e. The molecule has 2 heterocycles. The van der Waals surface area contributed by atoms with Crippen LogP contribution in [0.5, 0.6) is 0 Å². The van der Waals surface area contributed by atoms with Crippen molar-refractivity contribution >= 4 is 37.9 Å². The Morgan fingerprint density at radius 2 is 2.09 bits per heavy atom. The number of fused-ring (bicyclic) bond motifs is 1. The van der Waals surface area contributed by atoms with E-state index in [0.717, 1.165) is 5.69 Å². The van der Waals surface area contributed by atoms with Crippen LogP contribution in [0.15, 0.2) is 28.7 Å². The van der Waals surface area contributed by atoms with Gasteiger partial charge in [0.2, 0.25) is 4.96 Å². The van der Waals surface area contributed by atoms with Crippen LogP contribution in [0.3, 0.4) is 0 Å². The molecule has 120 valence electrons. The number of carbonyl (C=O) groups excluding carboxylic acids is 1. The second-order valence-corrected chi connectivity index (χ2v) is 7.35. The Kier molecular flexibility index (Phi) is 3.57. The van der Waals surface area contributed by atoms with Crippen LogP contribution in [0.2, 0.25) is 0 Å². The summed E-state index contributed by atoms with van der Waals surface area (Å²) >= 11 is 1.29. The lowest BCUT2D eigenvalue weighted by molar-refractivity contribution is 0.100. The second-order valence-electron chi connectivity index (χ2n) is 4.93. The molecule has 3 aromatic rings. The lowest BCUT2D eigenvalue weighted by Gasteiger charge is -2.11. The van der Waals surface area contributed by atoms with E-state index in [1.165, 1.54) is 21.9 Å². The molecule has 8 nitrogen and oxygen atoms in total. The number of aromatic nitrogens is 3. The maximum atomic E-state index is 12.5. The van der Waals surface area contributed by atoms with E-state index in [0.29, 0.717) is 10.5 Å². The first-order valence-electron chi connectivity index (χ1n) is 6.52. The molecule has 0 bridgehead atoms. The Hall–Kier alpha value is -2.46. The number of thiazole rings is 1. The van der Waals surface area contributed by atoms with Crippen molar-refractivity contribution in [1.29, 1.82) is 0 Å². The first kappa shape index (κ1) is 15.4. The molecule has 0 saturated heterocycles. The third kappa shape index (κ3) is 2.66. The maximum absolute atomic E-state index is 12.5. The van der Waals surface area contributed by atoms with E-state index in [1.54, 1.807) is 26.0 Å². The minimum atomic E-state index is -4.03. The zero-order valence-corrected chi connectivity index (χ0v) is 13.9. The van der Waals surface area contributed by atoms with E-state index in [9.17, 15) is 13.2 Å². The van der Waals surface area contributed by atoms with Crippen LogP contribution >= 0.6 is 11.3 Å². The van der Waals surface area contributed by atoms with Crippen molar-refractivity contribution in [3.8, 4) is 0 Å². The summed E-state index contributed by atoms with van der Waals surface area (Å²) in [4.78, 5) is 16.0. The van der Waals surface area contributed by atoms with Crippen LogP contribution in [0.4, 0.5) is 5.69 Å². The number of carbonyl (C=O) groups is 1. The normalized spacial score (nSPS) is 11.7. The number of anilines is 1. The molecule has 10 heteroatoms. The fraction of sp³-hybridized carbons (Fsp3) is 0.154. The number of hydrogen-bond acceptors (Lipinski definition) is 6. The Labute approximate surface area is 136 Å². The van der Waals surface area contributed by atoms with Crippen molar-refractivity contribution in [2.75, 3.05) is 4.72 Å². The van der Waals surface area contributed by atoms with Crippen LogP contribution in [0, 0.1) is 13.8 Å². The summed E-state index contributed by atoms with van der Waals surface area (Å²) < 4.78 is 28.8. The van der Waals surface area contributed by atoms with Crippen LogP contribution in [0.1, 0.15) is 21.6 Å². The summed E-state index contributed by atoms with van der Waals surface area (Å²) in [7, 11) is -4.03. The number of benzene rings is 1. The van der Waals surface area contributed by atoms with Crippen LogP contribution in [-0.4, -0.2) is 28.9 Å². The van der Waals surface area contributed by atoms with Crippen LogP contribution in [-0.2, 0) is 10.0 Å². The van der Waals surface area contributed by atoms with E-state index in [2.05, 4.69) is 14.8 Å². The van der Waals surface area contributed by atoms with E-state index in [-0.39, 0.29) is 16.4 Å². The predicted octanol–water partition coefficient (Wildman–Crippen LogP) is 1.31. The van der Waals surface area contributed by atoms with Gasteiger partial charge in [0, 0.05) is 5.38 Å². The Morgan fingerprint density at radius 1 is 1.35 bits per heavy atom. The predicted molar refractivity (Wildman–Crippen MR) is 86.1 cm³/mol. The number of nitrogens with two attached hydrogens (primary N) is 1. The molecule has 1 aromatic carbocycles. The zero-order valence-electron chi connectivity index (χ0n) is 12.3. The van der Waals surface area contributed by atoms with Crippen LogP contribution < -0.4 is 10.5 Å². The van der Waals surface area contributed by atoms with Gasteiger partial charge >= 0.3 is 0 Å². The molecule has 0 unspecified atom stereocenters. The number of nitrogens with one attached hydrogen (secondary N) is 1. The molecule has 0 atom stereocenters. The summed E-state index contributed by atoms with van der Waals surface area (Å²) in [5.74, 6) is -0.721. The fourth-order valence-electron chi connectivity index (χ4n) is 2.08. The van der Waals surface area contributed by atoms with Gasteiger partial charge in [0.15, 0.2) is 0 Å². The summed E-state index contributed by atoms with van der Waals surface area (Å²) in [5.41, 5.74) is 6.88. The van der Waals surface area contributed by atoms with Crippen molar-refractivity contribution in [1.82, 2.24) is 14.6 Å². The summed E-state index contributed by atoms with van der Waals surface area (Å²) in [6.45, 7) is 3.47. The zero-order chi connectivity index (χ0) is 16.8. The third-order valence-corrected chi connectivity index (χ3v) is 5.30. The molecular formula is C13H13N5O3S2. The number of rotatable bonds is 4. The van der Waals surface area contributed by atoms with Gasteiger partial charge in [0.05, 0.1) is 16.9 Å². The molecule has 0 saturated carbocycles. The SMILES string of the molecule is Cc1cccc(C(N)=O)c1NS(=O)(=O)c1nc2scc(C)n2n1. The Balaban J connectivity index is 2.06. The highest BCUT2D eigenvalue weighted by atomic mass is 32.2. The van der Waals surface area contributed by atoms with Gasteiger partial charge in [0.1, 0.15) is 0 Å². The number of para-hydroxylation sites is 1. The molecular weight excluding hydrogens is 338 g/mol. The largest absolute Gasteiger partial charge is 0.366 e. The van der Waals surface area contributed by atoms with Crippen molar-refractivity contribution in [2.24, 2.45) is 5.73 Å². The molecule has 0 aliphatic heterocycles. The topological polar surface area (TPSA) is 119 Å². The summed E-state index contributed by atoms with van der Waals surface area (Å²) in [6, 6.07) is 4.76. The van der Waals surface area contributed by atoms with Gasteiger partial charge in [-0.05, 0) is 25.5 Å². The van der Waals surface area contributed by atoms with Gasteiger partial charge in [-0.1, -0.05) is 12.1 Å². The first-order valence-corrected chi connectivity index (χ1v) is 8.89. The molecule has 1 amide bonds. The summed E-state index contributed by atoms with van der Waals surface area (Å²) in [5, 5.41) is 5.46. The molecule has 0 aliphatic rings. The smallest absolute Gasteiger partial charge is 0.299 e. The third-order valence-electron chi connectivity index (χ3n) is 3.24. The number of hydrogen-bond donors (Lipinski definition) is 2. The second kappa shape index (κ2) is 5.32. The van der Waals surface area contributed by atoms with Crippen LogP contribution in [0.25, 0.3) is 4.96 Å². The van der Waals surface area contributed by atoms with E-state index >= 15 is 0 Å². The van der Waals surface area contributed by atoms with E-state index in [1.807, 2.05) is 5.38 Å². The monoisotopic (exact) mass is 351 g/mol. The number of nitrogens with zero attached hydrogens (tertiary/aromatic N) is 3. The van der Waals surface area contributed by atoms with Gasteiger partial charge in [-0.3, -0.25) is 9.52 Å². The number of sulfonamides is 1. The van der Waals surface area contributed by atoms with Gasteiger partial charge in [-0.2, -0.15) is 13.4 Å². The quantitative estimate of drug-likeness (QED) is 0.734. The average molecular weight is 351 g/mol. The number of amides is 1. The molecule has 2 aromatic heterocycles. The van der Waals surface area contributed by atoms with Crippen molar-refractivity contribution in [3.63, 3.8) is 0 Å². The molecule has 23 heavy (non-hydrogen) atoms. The Morgan fingerprint density at radius 3 is 2.74 bits per heavy atom. The molecule has 0 fully saturated rings. The van der Waals surface area contributed by atoms with Crippen molar-refractivity contribution < 1.29 is 13.2 Å². The molecule has 0 aliphatic carbocycles. The molecule has 0 radical (unpaired) electrons. The fourth-order valence-corrected chi connectivity index (χ4v) is 3.96. The summed E-state index contributed by atoms with van der Waals surface area (Å²) in [6.07, 6.45) is 0. The standard InChI is InChI=1S/C13H13N5O3S2/c1-7-4-3-5-9(11(14)19)10(7)17-23(20,21)12-15-13-18(16-12)8(2)6-22-13/h3-6,17H,1-2H3,(H2,14,19).